The van der Waals surface area contributed by atoms with Gasteiger partial charge < -0.3 is 19.5 Å². The second kappa shape index (κ2) is 9.48. The number of benzene rings is 2. The Hall–Kier alpha value is -2.99. The first-order chi connectivity index (χ1) is 12.5. The number of rotatable bonds is 7. The molecule has 0 saturated carbocycles. The third-order valence-electron chi connectivity index (χ3n) is 3.32. The van der Waals surface area contributed by atoms with Crippen LogP contribution in [-0.4, -0.2) is 32.7 Å². The zero-order valence-corrected chi connectivity index (χ0v) is 15.1. The number of amides is 1. The van der Waals surface area contributed by atoms with E-state index in [2.05, 4.69) is 5.32 Å². The van der Waals surface area contributed by atoms with Gasteiger partial charge >= 0.3 is 5.97 Å². The molecule has 2 aromatic carbocycles. The lowest BCUT2D eigenvalue weighted by Gasteiger charge is -2.10. The van der Waals surface area contributed by atoms with Crippen molar-refractivity contribution in [3.8, 4) is 11.5 Å². The monoisotopic (exact) mass is 375 g/mol. The zero-order valence-electron chi connectivity index (χ0n) is 14.3. The van der Waals surface area contributed by atoms with E-state index in [0.717, 1.165) is 0 Å². The first kappa shape index (κ1) is 19.3. The van der Waals surface area contributed by atoms with Gasteiger partial charge in [-0.2, -0.15) is 0 Å². The summed E-state index contributed by atoms with van der Waals surface area (Å²) < 4.78 is 15.2. The van der Waals surface area contributed by atoms with Gasteiger partial charge in [-0.3, -0.25) is 4.79 Å². The predicted octanol–water partition coefficient (Wildman–Crippen LogP) is 3.55. The molecule has 2 rings (SSSR count). The quantitative estimate of drug-likeness (QED) is 0.591. The van der Waals surface area contributed by atoms with Gasteiger partial charge in [-0.15, -0.1) is 0 Å². The van der Waals surface area contributed by atoms with Crippen molar-refractivity contribution < 1.29 is 23.8 Å². The number of carbonyl (C=O) groups excluding carboxylic acids is 2. The molecule has 0 radical (unpaired) electrons. The van der Waals surface area contributed by atoms with Crippen molar-refractivity contribution in [3.63, 3.8) is 0 Å². The van der Waals surface area contributed by atoms with Crippen LogP contribution in [0.5, 0.6) is 11.5 Å². The summed E-state index contributed by atoms with van der Waals surface area (Å²) in [5.74, 6) is -0.101. The number of carbonyl (C=O) groups is 2. The Bertz CT molecular complexity index is 819. The molecule has 26 heavy (non-hydrogen) atoms. The molecule has 6 nitrogen and oxygen atoms in total. The molecule has 1 amide bonds. The molecule has 0 fully saturated rings. The van der Waals surface area contributed by atoms with Crippen LogP contribution in [0, 0.1) is 0 Å². The van der Waals surface area contributed by atoms with Gasteiger partial charge in [0, 0.05) is 22.9 Å². The van der Waals surface area contributed by atoms with Crippen molar-refractivity contribution in [2.24, 2.45) is 0 Å². The molecule has 0 aliphatic heterocycles. The number of nitrogens with one attached hydrogen (secondary N) is 1. The maximum atomic E-state index is 11.9. The summed E-state index contributed by atoms with van der Waals surface area (Å²) in [6.45, 7) is -0.417. The van der Waals surface area contributed by atoms with Crippen LogP contribution in [0.15, 0.2) is 48.5 Å². The Labute approximate surface area is 156 Å². The lowest BCUT2D eigenvalue weighted by atomic mass is 10.2. The van der Waals surface area contributed by atoms with E-state index in [1.165, 1.54) is 26.4 Å². The summed E-state index contributed by atoms with van der Waals surface area (Å²) in [5, 5.41) is 3.13. The van der Waals surface area contributed by atoms with Gasteiger partial charge in [0.05, 0.1) is 14.2 Å². The fraction of sp³-hybridized carbons (Fsp3) is 0.158. The van der Waals surface area contributed by atoms with Crippen molar-refractivity contribution in [2.45, 2.75) is 0 Å². The number of methoxy groups -OCH3 is 2. The highest BCUT2D eigenvalue weighted by Crippen LogP contribution is 2.29. The minimum Gasteiger partial charge on any atom is -0.493 e. The number of hydrogen-bond donors (Lipinski definition) is 1. The molecule has 7 heteroatoms. The number of anilines is 1. The summed E-state index contributed by atoms with van der Waals surface area (Å²) in [6, 6.07) is 12.0. The summed E-state index contributed by atoms with van der Waals surface area (Å²) in [7, 11) is 3.02. The van der Waals surface area contributed by atoms with Crippen LogP contribution in [0.2, 0.25) is 5.02 Å². The Kier molecular flexibility index (Phi) is 7.05. The van der Waals surface area contributed by atoms with Gasteiger partial charge in [0.2, 0.25) is 0 Å². The number of esters is 1. The van der Waals surface area contributed by atoms with E-state index < -0.39 is 18.5 Å². The molecule has 0 heterocycles. The van der Waals surface area contributed by atoms with E-state index in [4.69, 9.17) is 25.8 Å². The first-order valence-electron chi connectivity index (χ1n) is 7.64. The average molecular weight is 376 g/mol. The molecule has 0 unspecified atom stereocenters. The second-order valence-electron chi connectivity index (χ2n) is 5.08. The minimum atomic E-state index is -0.646. The van der Waals surface area contributed by atoms with Gasteiger partial charge in [0.15, 0.2) is 18.1 Å². The SMILES string of the molecule is COc1ccc(NC(=O)COC(=O)/C=C/c2ccccc2Cl)cc1OC. The Balaban J connectivity index is 1.86. The zero-order chi connectivity index (χ0) is 18.9. The topological polar surface area (TPSA) is 73.9 Å². The van der Waals surface area contributed by atoms with Gasteiger partial charge in [0.25, 0.3) is 5.91 Å². The third-order valence-corrected chi connectivity index (χ3v) is 3.66. The molecule has 0 bridgehead atoms. The van der Waals surface area contributed by atoms with E-state index in [9.17, 15) is 9.59 Å². The van der Waals surface area contributed by atoms with Gasteiger partial charge in [-0.1, -0.05) is 29.8 Å². The highest BCUT2D eigenvalue weighted by Gasteiger charge is 2.09. The highest BCUT2D eigenvalue weighted by atomic mass is 35.5. The predicted molar refractivity (Wildman–Crippen MR) is 99.6 cm³/mol. The molecule has 0 aliphatic rings. The van der Waals surface area contributed by atoms with Crippen molar-refractivity contribution >= 4 is 35.2 Å². The summed E-state index contributed by atoms with van der Waals surface area (Å²) >= 11 is 5.99. The van der Waals surface area contributed by atoms with Crippen LogP contribution in [0.4, 0.5) is 5.69 Å². The van der Waals surface area contributed by atoms with Gasteiger partial charge in [0.1, 0.15) is 0 Å². The Morgan fingerprint density at radius 1 is 1.08 bits per heavy atom. The van der Waals surface area contributed by atoms with E-state index >= 15 is 0 Å². The molecule has 0 aliphatic carbocycles. The average Bonchev–Trinajstić information content (AvgIpc) is 2.65. The van der Waals surface area contributed by atoms with Crippen LogP contribution in [0.3, 0.4) is 0 Å². The van der Waals surface area contributed by atoms with E-state index in [-0.39, 0.29) is 0 Å². The third kappa shape index (κ3) is 5.53. The van der Waals surface area contributed by atoms with E-state index in [0.29, 0.717) is 27.8 Å². The van der Waals surface area contributed by atoms with E-state index in [1.54, 1.807) is 42.5 Å². The van der Waals surface area contributed by atoms with Gasteiger partial charge in [-0.25, -0.2) is 4.79 Å². The van der Waals surface area contributed by atoms with Crippen molar-refractivity contribution in [1.29, 1.82) is 0 Å². The fourth-order valence-electron chi connectivity index (χ4n) is 2.06. The maximum Gasteiger partial charge on any atom is 0.331 e. The van der Waals surface area contributed by atoms with Crippen LogP contribution >= 0.6 is 11.6 Å². The van der Waals surface area contributed by atoms with Gasteiger partial charge in [-0.05, 0) is 29.8 Å². The molecule has 136 valence electrons. The summed E-state index contributed by atoms with van der Waals surface area (Å²) in [5.41, 5.74) is 1.18. The summed E-state index contributed by atoms with van der Waals surface area (Å²) in [4.78, 5) is 23.6. The molecule has 2 aromatic rings. The van der Waals surface area contributed by atoms with Crippen molar-refractivity contribution in [2.75, 3.05) is 26.1 Å². The number of ether oxygens (including phenoxy) is 3. The Morgan fingerprint density at radius 3 is 2.50 bits per heavy atom. The largest absolute Gasteiger partial charge is 0.493 e. The van der Waals surface area contributed by atoms with Crippen LogP contribution < -0.4 is 14.8 Å². The first-order valence-corrected chi connectivity index (χ1v) is 8.02. The van der Waals surface area contributed by atoms with Crippen LogP contribution in [-0.2, 0) is 14.3 Å². The number of hydrogen-bond acceptors (Lipinski definition) is 5. The van der Waals surface area contributed by atoms with Crippen molar-refractivity contribution in [1.82, 2.24) is 0 Å². The molecule has 0 aromatic heterocycles. The highest BCUT2D eigenvalue weighted by molar-refractivity contribution is 6.32. The molecule has 0 saturated heterocycles. The molecule has 0 atom stereocenters. The molecular formula is C19H18ClNO5. The van der Waals surface area contributed by atoms with Crippen LogP contribution in [0.1, 0.15) is 5.56 Å². The minimum absolute atomic E-state index is 0.417. The smallest absolute Gasteiger partial charge is 0.331 e. The molecular weight excluding hydrogens is 358 g/mol. The van der Waals surface area contributed by atoms with E-state index in [1.807, 2.05) is 0 Å². The number of halogens is 1. The molecule has 1 N–H and O–H groups in total. The van der Waals surface area contributed by atoms with Crippen LogP contribution in [0.25, 0.3) is 6.08 Å². The van der Waals surface area contributed by atoms with Crippen molar-refractivity contribution in [3.05, 3.63) is 59.1 Å². The lowest BCUT2D eigenvalue weighted by molar-refractivity contribution is -0.142. The normalized spacial score (nSPS) is 10.4. The fourth-order valence-corrected chi connectivity index (χ4v) is 2.26. The molecule has 0 spiro atoms. The second-order valence-corrected chi connectivity index (χ2v) is 5.49. The summed E-state index contributed by atoms with van der Waals surface area (Å²) in [6.07, 6.45) is 2.74. The maximum absolute atomic E-state index is 11.9. The Morgan fingerprint density at radius 2 is 1.81 bits per heavy atom. The lowest BCUT2D eigenvalue weighted by Crippen LogP contribution is -2.20. The standard InChI is InChI=1S/C19H18ClNO5/c1-24-16-9-8-14(11-17(16)25-2)21-18(22)12-26-19(23)10-7-13-5-3-4-6-15(13)20/h3-11H,12H2,1-2H3,(H,21,22)/b10-7+.